The second-order valence-corrected chi connectivity index (χ2v) is 4.59. The number of furan rings is 1. The molecule has 0 aliphatic heterocycles. The molecule has 2 aromatic heterocycles. The molecule has 2 rings (SSSR count). The van der Waals surface area contributed by atoms with Gasteiger partial charge in [-0.2, -0.15) is 13.2 Å². The quantitative estimate of drug-likeness (QED) is 0.897. The number of nitrogens with zero attached hydrogens (tertiary/aromatic N) is 1. The average molecular weight is 284 g/mol. The van der Waals surface area contributed by atoms with Crippen LogP contribution in [0.1, 0.15) is 24.8 Å². The van der Waals surface area contributed by atoms with Crippen LogP contribution in [0.2, 0.25) is 0 Å². The van der Waals surface area contributed by atoms with Crippen LogP contribution < -0.4 is 5.32 Å². The second-order valence-electron chi connectivity index (χ2n) is 4.59. The van der Waals surface area contributed by atoms with Gasteiger partial charge in [0.25, 0.3) is 0 Å². The van der Waals surface area contributed by atoms with Crippen molar-refractivity contribution in [3.8, 4) is 0 Å². The van der Waals surface area contributed by atoms with Gasteiger partial charge in [0, 0.05) is 12.5 Å². The van der Waals surface area contributed by atoms with E-state index >= 15 is 0 Å². The first-order chi connectivity index (χ1) is 9.45. The van der Waals surface area contributed by atoms with Crippen LogP contribution >= 0.6 is 0 Å². The van der Waals surface area contributed by atoms with Crippen LogP contribution in [0.3, 0.4) is 0 Å². The molecule has 6 heteroatoms. The predicted octanol–water partition coefficient (Wildman–Crippen LogP) is 4.13. The standard InChI is InChI=1S/C14H15F3N2O/c1-10(4-6-12-3-2-8-20-12)19-11-5-7-13(18-9-11)14(15,16)17/h2-3,5,7-10,19H,4,6H2,1H3. The monoisotopic (exact) mass is 284 g/mol. The molecular weight excluding hydrogens is 269 g/mol. The van der Waals surface area contributed by atoms with Gasteiger partial charge < -0.3 is 9.73 Å². The molecule has 0 saturated carbocycles. The highest BCUT2D eigenvalue weighted by molar-refractivity contribution is 5.42. The highest BCUT2D eigenvalue weighted by Crippen LogP contribution is 2.27. The summed E-state index contributed by atoms with van der Waals surface area (Å²) >= 11 is 0. The molecule has 1 N–H and O–H groups in total. The molecule has 0 bridgehead atoms. The Morgan fingerprint density at radius 2 is 2.10 bits per heavy atom. The van der Waals surface area contributed by atoms with Crippen LogP contribution in [-0.2, 0) is 12.6 Å². The van der Waals surface area contributed by atoms with Crippen LogP contribution in [0, 0.1) is 0 Å². The van der Waals surface area contributed by atoms with Crippen molar-refractivity contribution in [2.75, 3.05) is 5.32 Å². The number of alkyl halides is 3. The molecule has 0 aromatic carbocycles. The summed E-state index contributed by atoms with van der Waals surface area (Å²) in [5.74, 6) is 0.893. The highest BCUT2D eigenvalue weighted by Gasteiger charge is 2.32. The molecule has 0 amide bonds. The van der Waals surface area contributed by atoms with Gasteiger partial charge >= 0.3 is 6.18 Å². The fourth-order valence-electron chi connectivity index (χ4n) is 1.82. The van der Waals surface area contributed by atoms with Gasteiger partial charge in [-0.05, 0) is 37.6 Å². The molecular formula is C14H15F3N2O. The molecule has 1 atom stereocenters. The van der Waals surface area contributed by atoms with Crippen molar-refractivity contribution in [2.24, 2.45) is 0 Å². The second kappa shape index (κ2) is 5.98. The van der Waals surface area contributed by atoms with Gasteiger partial charge in [-0.3, -0.25) is 0 Å². The first-order valence-corrected chi connectivity index (χ1v) is 6.27. The largest absolute Gasteiger partial charge is 0.469 e. The zero-order valence-electron chi connectivity index (χ0n) is 10.9. The summed E-state index contributed by atoms with van der Waals surface area (Å²) in [7, 11) is 0. The van der Waals surface area contributed by atoms with Gasteiger partial charge in [-0.25, -0.2) is 4.98 Å². The molecule has 3 nitrogen and oxygen atoms in total. The third-order valence-corrected chi connectivity index (χ3v) is 2.87. The van der Waals surface area contributed by atoms with E-state index in [4.69, 9.17) is 4.42 Å². The zero-order chi connectivity index (χ0) is 14.6. The molecule has 0 spiro atoms. The lowest BCUT2D eigenvalue weighted by molar-refractivity contribution is -0.141. The molecule has 0 aliphatic rings. The molecule has 0 radical (unpaired) electrons. The summed E-state index contributed by atoms with van der Waals surface area (Å²) < 4.78 is 42.3. The van der Waals surface area contributed by atoms with Gasteiger partial charge in [0.05, 0.1) is 18.1 Å². The molecule has 108 valence electrons. The van der Waals surface area contributed by atoms with Gasteiger partial charge in [-0.1, -0.05) is 0 Å². The Kier molecular flexibility index (Phi) is 4.32. The Morgan fingerprint density at radius 1 is 1.30 bits per heavy atom. The lowest BCUT2D eigenvalue weighted by atomic mass is 10.1. The van der Waals surface area contributed by atoms with Crippen molar-refractivity contribution < 1.29 is 17.6 Å². The highest BCUT2D eigenvalue weighted by atomic mass is 19.4. The summed E-state index contributed by atoms with van der Waals surface area (Å²) in [5, 5.41) is 3.11. The Labute approximate surface area is 114 Å². The summed E-state index contributed by atoms with van der Waals surface area (Å²) in [4.78, 5) is 3.41. The van der Waals surface area contributed by atoms with Gasteiger partial charge in [0.15, 0.2) is 0 Å². The van der Waals surface area contributed by atoms with Crippen LogP contribution in [0.5, 0.6) is 0 Å². The van der Waals surface area contributed by atoms with E-state index in [1.54, 1.807) is 6.26 Å². The van der Waals surface area contributed by atoms with Crippen LogP contribution in [0.25, 0.3) is 0 Å². The van der Waals surface area contributed by atoms with Gasteiger partial charge in [0.2, 0.25) is 0 Å². The topological polar surface area (TPSA) is 38.1 Å². The minimum atomic E-state index is -4.40. The fraction of sp³-hybridized carbons (Fsp3) is 0.357. The maximum absolute atomic E-state index is 12.4. The molecule has 0 saturated heterocycles. The van der Waals surface area contributed by atoms with Crippen molar-refractivity contribution in [3.63, 3.8) is 0 Å². The first-order valence-electron chi connectivity index (χ1n) is 6.27. The van der Waals surface area contributed by atoms with E-state index < -0.39 is 11.9 Å². The molecule has 1 unspecified atom stereocenters. The summed E-state index contributed by atoms with van der Waals surface area (Å²) in [6.07, 6.45) is 0.00657. The minimum absolute atomic E-state index is 0.110. The Bertz CT molecular complexity index is 520. The van der Waals surface area contributed by atoms with Crippen LogP contribution in [0.4, 0.5) is 18.9 Å². The fourth-order valence-corrected chi connectivity index (χ4v) is 1.82. The number of halogens is 3. The van der Waals surface area contributed by atoms with Crippen molar-refractivity contribution in [1.29, 1.82) is 0 Å². The van der Waals surface area contributed by atoms with E-state index in [1.165, 1.54) is 12.3 Å². The molecule has 2 heterocycles. The molecule has 2 aromatic rings. The molecule has 20 heavy (non-hydrogen) atoms. The number of aryl methyl sites for hydroxylation is 1. The van der Waals surface area contributed by atoms with E-state index in [0.717, 1.165) is 24.7 Å². The lowest BCUT2D eigenvalue weighted by Gasteiger charge is -2.15. The normalized spacial score (nSPS) is 13.2. The number of aromatic nitrogens is 1. The smallest absolute Gasteiger partial charge is 0.433 e. The van der Waals surface area contributed by atoms with Crippen LogP contribution in [0.15, 0.2) is 41.1 Å². The van der Waals surface area contributed by atoms with Crippen molar-refractivity contribution >= 4 is 5.69 Å². The van der Waals surface area contributed by atoms with Crippen molar-refractivity contribution in [1.82, 2.24) is 4.98 Å². The number of hydrogen-bond acceptors (Lipinski definition) is 3. The third-order valence-electron chi connectivity index (χ3n) is 2.87. The predicted molar refractivity (Wildman–Crippen MR) is 69.4 cm³/mol. The number of anilines is 1. The maximum atomic E-state index is 12.4. The zero-order valence-corrected chi connectivity index (χ0v) is 10.9. The van der Waals surface area contributed by atoms with Crippen molar-refractivity contribution in [2.45, 2.75) is 32.0 Å². The van der Waals surface area contributed by atoms with Crippen LogP contribution in [-0.4, -0.2) is 11.0 Å². The Hall–Kier alpha value is -1.98. The number of rotatable bonds is 5. The summed E-state index contributed by atoms with van der Waals surface area (Å²) in [6.45, 7) is 1.96. The van der Waals surface area contributed by atoms with Gasteiger partial charge in [0.1, 0.15) is 11.5 Å². The van der Waals surface area contributed by atoms with E-state index in [1.807, 2.05) is 19.1 Å². The van der Waals surface area contributed by atoms with E-state index in [-0.39, 0.29) is 6.04 Å². The molecule has 0 aliphatic carbocycles. The summed E-state index contributed by atoms with van der Waals surface area (Å²) in [6, 6.07) is 6.19. The van der Waals surface area contributed by atoms with Crippen molar-refractivity contribution in [3.05, 3.63) is 48.2 Å². The third kappa shape index (κ3) is 4.01. The number of nitrogens with one attached hydrogen (secondary N) is 1. The Balaban J connectivity index is 1.86. The first kappa shape index (κ1) is 14.4. The lowest BCUT2D eigenvalue weighted by Crippen LogP contribution is -2.16. The van der Waals surface area contributed by atoms with E-state index in [9.17, 15) is 13.2 Å². The number of hydrogen-bond donors (Lipinski definition) is 1. The molecule has 0 fully saturated rings. The van der Waals surface area contributed by atoms with Gasteiger partial charge in [-0.15, -0.1) is 0 Å². The Morgan fingerprint density at radius 3 is 2.65 bits per heavy atom. The number of pyridine rings is 1. The maximum Gasteiger partial charge on any atom is 0.433 e. The van der Waals surface area contributed by atoms with E-state index in [2.05, 4.69) is 10.3 Å². The average Bonchev–Trinajstić information content (AvgIpc) is 2.89. The SMILES string of the molecule is CC(CCc1ccco1)Nc1ccc(C(F)(F)F)nc1. The van der Waals surface area contributed by atoms with E-state index in [0.29, 0.717) is 5.69 Å². The summed E-state index contributed by atoms with van der Waals surface area (Å²) in [5.41, 5.74) is -0.309. The minimum Gasteiger partial charge on any atom is -0.469 e.